The van der Waals surface area contributed by atoms with E-state index in [0.29, 0.717) is 6.04 Å². The summed E-state index contributed by atoms with van der Waals surface area (Å²) in [5.41, 5.74) is 0.943. The molecule has 3 heteroatoms. The van der Waals surface area contributed by atoms with Crippen molar-refractivity contribution >= 4 is 0 Å². The molecule has 0 aliphatic rings. The van der Waals surface area contributed by atoms with Gasteiger partial charge >= 0.3 is 0 Å². The molecule has 114 valence electrons. The topological polar surface area (TPSA) is 15.3 Å². The van der Waals surface area contributed by atoms with E-state index in [1.807, 2.05) is 12.1 Å². The number of rotatable bonds is 6. The van der Waals surface area contributed by atoms with Crippen molar-refractivity contribution in [2.75, 3.05) is 20.1 Å². The molecule has 1 rings (SSSR count). The summed E-state index contributed by atoms with van der Waals surface area (Å²) in [6.45, 7) is 12.7. The summed E-state index contributed by atoms with van der Waals surface area (Å²) in [4.78, 5) is 2.22. The zero-order chi connectivity index (χ0) is 15.3. The number of likely N-dealkylation sites (N-methyl/N-ethyl adjacent to an activating group) is 2. The summed E-state index contributed by atoms with van der Waals surface area (Å²) in [6.07, 6.45) is 0. The molecule has 0 radical (unpaired) electrons. The first-order valence-electron chi connectivity index (χ1n) is 7.45. The molecule has 0 bridgehead atoms. The van der Waals surface area contributed by atoms with Crippen LogP contribution in [0.4, 0.5) is 4.39 Å². The average Bonchev–Trinajstić information content (AvgIpc) is 2.36. The molecule has 0 saturated heterocycles. The van der Waals surface area contributed by atoms with Gasteiger partial charge in [0.25, 0.3) is 0 Å². The van der Waals surface area contributed by atoms with Crippen LogP contribution in [-0.4, -0.2) is 31.1 Å². The number of nitrogens with zero attached hydrogens (tertiary/aromatic N) is 1. The third kappa shape index (κ3) is 4.57. The van der Waals surface area contributed by atoms with Gasteiger partial charge in [-0.25, -0.2) is 4.39 Å². The van der Waals surface area contributed by atoms with Crippen molar-refractivity contribution < 1.29 is 4.39 Å². The van der Waals surface area contributed by atoms with Crippen LogP contribution >= 0.6 is 0 Å². The molecule has 1 aromatic carbocycles. The molecule has 0 aliphatic heterocycles. The highest BCUT2D eigenvalue weighted by atomic mass is 19.1. The fourth-order valence-electron chi connectivity index (χ4n) is 2.39. The molecule has 0 aliphatic carbocycles. The van der Waals surface area contributed by atoms with Crippen LogP contribution in [0.2, 0.25) is 0 Å². The Morgan fingerprint density at radius 1 is 1.25 bits per heavy atom. The first-order valence-corrected chi connectivity index (χ1v) is 7.45. The van der Waals surface area contributed by atoms with Crippen LogP contribution in [0.25, 0.3) is 0 Å². The van der Waals surface area contributed by atoms with E-state index in [2.05, 4.69) is 51.9 Å². The van der Waals surface area contributed by atoms with E-state index in [0.717, 1.165) is 18.7 Å². The highest BCUT2D eigenvalue weighted by Crippen LogP contribution is 2.25. The van der Waals surface area contributed by atoms with Crippen LogP contribution in [-0.2, 0) is 0 Å². The molecule has 0 heterocycles. The molecule has 2 atom stereocenters. The zero-order valence-electron chi connectivity index (χ0n) is 13.7. The molecule has 20 heavy (non-hydrogen) atoms. The Morgan fingerprint density at radius 3 is 2.35 bits per heavy atom. The first-order chi connectivity index (χ1) is 9.27. The van der Waals surface area contributed by atoms with Crippen molar-refractivity contribution in [3.8, 4) is 0 Å². The minimum atomic E-state index is -0.123. The van der Waals surface area contributed by atoms with E-state index in [9.17, 15) is 4.39 Å². The Labute approximate surface area is 123 Å². The van der Waals surface area contributed by atoms with Crippen LogP contribution in [0.1, 0.15) is 46.2 Å². The summed E-state index contributed by atoms with van der Waals surface area (Å²) in [5, 5.41) is 3.54. The van der Waals surface area contributed by atoms with E-state index >= 15 is 0 Å². The maximum atomic E-state index is 13.9. The van der Waals surface area contributed by atoms with Gasteiger partial charge in [-0.05, 0) is 32.0 Å². The lowest BCUT2D eigenvalue weighted by Crippen LogP contribution is -2.48. The summed E-state index contributed by atoms with van der Waals surface area (Å²) in [7, 11) is 2.06. The summed E-state index contributed by atoms with van der Waals surface area (Å²) < 4.78 is 13.9. The van der Waals surface area contributed by atoms with E-state index in [4.69, 9.17) is 0 Å². The second-order valence-electron chi connectivity index (χ2n) is 6.61. The quantitative estimate of drug-likeness (QED) is 0.851. The number of hydrogen-bond acceptors (Lipinski definition) is 2. The van der Waals surface area contributed by atoms with Crippen LogP contribution < -0.4 is 5.32 Å². The Bertz CT molecular complexity index is 412. The SMILES string of the molecule is CCNC(CN(C)C(C)c1ccccc1F)C(C)(C)C. The smallest absolute Gasteiger partial charge is 0.127 e. The first kappa shape index (κ1) is 17.1. The van der Waals surface area contributed by atoms with Crippen molar-refractivity contribution in [3.05, 3.63) is 35.6 Å². The molecule has 2 unspecified atom stereocenters. The molecule has 0 amide bonds. The van der Waals surface area contributed by atoms with Crippen molar-refractivity contribution in [2.24, 2.45) is 5.41 Å². The highest BCUT2D eigenvalue weighted by molar-refractivity contribution is 5.20. The molecule has 1 aromatic rings. The van der Waals surface area contributed by atoms with Crippen LogP contribution in [0.15, 0.2) is 24.3 Å². The summed E-state index contributed by atoms with van der Waals surface area (Å²) in [5.74, 6) is -0.123. The van der Waals surface area contributed by atoms with Gasteiger partial charge in [-0.1, -0.05) is 45.9 Å². The fraction of sp³-hybridized carbons (Fsp3) is 0.647. The standard InChI is InChI=1S/C17H29FN2/c1-7-19-16(17(3,4)5)12-20(6)13(2)14-10-8-9-11-15(14)18/h8-11,13,16,19H,7,12H2,1-6H3. The molecule has 0 aromatic heterocycles. The normalized spacial score (nSPS) is 15.4. The predicted molar refractivity (Wildman–Crippen MR) is 84.4 cm³/mol. The van der Waals surface area contributed by atoms with Crippen LogP contribution in [0.5, 0.6) is 0 Å². The van der Waals surface area contributed by atoms with Crippen molar-refractivity contribution in [1.82, 2.24) is 10.2 Å². The third-order valence-electron chi connectivity index (χ3n) is 3.98. The molecule has 2 nitrogen and oxygen atoms in total. The van der Waals surface area contributed by atoms with Crippen LogP contribution in [0.3, 0.4) is 0 Å². The fourth-order valence-corrected chi connectivity index (χ4v) is 2.39. The molecule has 0 spiro atoms. The van der Waals surface area contributed by atoms with Gasteiger partial charge in [0.2, 0.25) is 0 Å². The lowest BCUT2D eigenvalue weighted by atomic mass is 9.86. The Balaban J connectivity index is 2.79. The number of halogens is 1. The minimum Gasteiger partial charge on any atom is -0.312 e. The van der Waals surface area contributed by atoms with Gasteiger partial charge in [0.1, 0.15) is 5.82 Å². The minimum absolute atomic E-state index is 0.0692. The van der Waals surface area contributed by atoms with E-state index in [1.165, 1.54) is 6.07 Å². The largest absolute Gasteiger partial charge is 0.312 e. The summed E-state index contributed by atoms with van der Waals surface area (Å²) >= 11 is 0. The van der Waals surface area contributed by atoms with Gasteiger partial charge in [-0.2, -0.15) is 0 Å². The second kappa shape index (κ2) is 7.19. The van der Waals surface area contributed by atoms with E-state index in [-0.39, 0.29) is 17.3 Å². The van der Waals surface area contributed by atoms with Gasteiger partial charge in [0.15, 0.2) is 0 Å². The van der Waals surface area contributed by atoms with Gasteiger partial charge in [-0.15, -0.1) is 0 Å². The number of benzene rings is 1. The van der Waals surface area contributed by atoms with Crippen molar-refractivity contribution in [1.29, 1.82) is 0 Å². The van der Waals surface area contributed by atoms with Gasteiger partial charge in [0, 0.05) is 24.2 Å². The average molecular weight is 280 g/mol. The Hall–Kier alpha value is -0.930. The Morgan fingerprint density at radius 2 is 1.85 bits per heavy atom. The predicted octanol–water partition coefficient (Wildman–Crippen LogP) is 3.84. The Kier molecular flexibility index (Phi) is 6.15. The third-order valence-corrected chi connectivity index (χ3v) is 3.98. The highest BCUT2D eigenvalue weighted by Gasteiger charge is 2.27. The molecule has 0 saturated carbocycles. The van der Waals surface area contributed by atoms with Gasteiger partial charge < -0.3 is 5.32 Å². The summed E-state index contributed by atoms with van der Waals surface area (Å²) in [6, 6.07) is 7.49. The monoisotopic (exact) mass is 280 g/mol. The lowest BCUT2D eigenvalue weighted by molar-refractivity contribution is 0.166. The lowest BCUT2D eigenvalue weighted by Gasteiger charge is -2.37. The zero-order valence-corrected chi connectivity index (χ0v) is 13.7. The van der Waals surface area contributed by atoms with E-state index in [1.54, 1.807) is 6.07 Å². The van der Waals surface area contributed by atoms with E-state index < -0.39 is 0 Å². The van der Waals surface area contributed by atoms with Crippen molar-refractivity contribution in [3.63, 3.8) is 0 Å². The maximum Gasteiger partial charge on any atom is 0.127 e. The molecule has 0 fully saturated rings. The second-order valence-corrected chi connectivity index (χ2v) is 6.61. The van der Waals surface area contributed by atoms with Crippen LogP contribution in [0, 0.1) is 11.2 Å². The van der Waals surface area contributed by atoms with Gasteiger partial charge in [0.05, 0.1) is 0 Å². The van der Waals surface area contributed by atoms with Gasteiger partial charge in [-0.3, -0.25) is 4.90 Å². The number of nitrogens with one attached hydrogen (secondary N) is 1. The maximum absolute atomic E-state index is 13.9. The molecular formula is C17H29FN2. The molecule has 1 N–H and O–H groups in total. The van der Waals surface area contributed by atoms with Crippen molar-refractivity contribution in [2.45, 2.75) is 46.7 Å². The molecular weight excluding hydrogens is 251 g/mol. The number of hydrogen-bond donors (Lipinski definition) is 1.